The molecule has 0 spiro atoms. The predicted molar refractivity (Wildman–Crippen MR) is 123 cm³/mol. The average molecular weight is 496 g/mol. The van der Waals surface area contributed by atoms with Crippen molar-refractivity contribution < 1.29 is 32.2 Å². The number of sulfonamides is 1. The van der Waals surface area contributed by atoms with Crippen molar-refractivity contribution >= 4 is 21.8 Å². The molecule has 10 nitrogen and oxygen atoms in total. The number of amides is 2. The van der Waals surface area contributed by atoms with E-state index in [1.807, 2.05) is 4.90 Å². The lowest BCUT2D eigenvalue weighted by Gasteiger charge is -2.35. The number of nitrogens with zero attached hydrogens (tertiary/aromatic N) is 2. The molecule has 1 N–H and O–H groups in total. The van der Waals surface area contributed by atoms with E-state index in [1.54, 1.807) is 11.0 Å². The van der Waals surface area contributed by atoms with Gasteiger partial charge in [0.1, 0.15) is 19.3 Å². The zero-order valence-corrected chi connectivity index (χ0v) is 20.2. The van der Waals surface area contributed by atoms with Crippen LogP contribution in [0.25, 0.3) is 0 Å². The summed E-state index contributed by atoms with van der Waals surface area (Å²) in [5.41, 5.74) is 0. The number of carbonyl (C=O) groups excluding carboxylic acids is 2. The predicted octanol–water partition coefficient (Wildman–Crippen LogP) is 1.15. The quantitative estimate of drug-likeness (QED) is 0.511. The van der Waals surface area contributed by atoms with Gasteiger partial charge in [-0.2, -0.15) is 0 Å². The highest BCUT2D eigenvalue weighted by Crippen LogP contribution is 2.32. The van der Waals surface area contributed by atoms with Gasteiger partial charge in [0.05, 0.1) is 4.90 Å². The van der Waals surface area contributed by atoms with E-state index in [4.69, 9.17) is 14.2 Å². The van der Waals surface area contributed by atoms with Gasteiger partial charge in [0.2, 0.25) is 15.9 Å². The smallest absolute Gasteiger partial charge is 0.251 e. The molecule has 0 radical (unpaired) electrons. The molecule has 3 aliphatic heterocycles. The summed E-state index contributed by atoms with van der Waals surface area (Å²) >= 11 is 0. The summed E-state index contributed by atoms with van der Waals surface area (Å²) in [5.74, 6) is 1.11. The first-order chi connectivity index (χ1) is 16.4. The maximum absolute atomic E-state index is 12.5. The third-order valence-electron chi connectivity index (χ3n) is 6.33. The van der Waals surface area contributed by atoms with E-state index in [0.29, 0.717) is 83.3 Å². The highest BCUT2D eigenvalue weighted by Gasteiger charge is 2.31. The third kappa shape index (κ3) is 6.19. The fourth-order valence-corrected chi connectivity index (χ4v) is 5.46. The van der Waals surface area contributed by atoms with Crippen molar-refractivity contribution in [2.24, 2.45) is 0 Å². The molecule has 0 bridgehead atoms. The van der Waals surface area contributed by atoms with Crippen LogP contribution in [0.15, 0.2) is 23.1 Å². The Balaban J connectivity index is 1.11. The standard InChI is InChI=1S/C23H33N3O7S/c27-22(25-10-12-26(13-11-25)23(28)20-5-4-14-31-20)6-2-1-3-9-24-34(29,30)18-7-8-19-21(17-18)33-16-15-32-19/h7-8,17,20,24H,1-6,9-16H2. The van der Waals surface area contributed by atoms with Gasteiger partial charge < -0.3 is 24.0 Å². The monoisotopic (exact) mass is 495 g/mol. The van der Waals surface area contributed by atoms with Crippen molar-refractivity contribution in [2.45, 2.75) is 49.5 Å². The highest BCUT2D eigenvalue weighted by molar-refractivity contribution is 7.89. The average Bonchev–Trinajstić information content (AvgIpc) is 3.40. The number of ether oxygens (including phenoxy) is 3. The SMILES string of the molecule is O=C(CCCCCNS(=O)(=O)c1ccc2c(c1)OCCO2)N1CCN(C(=O)C2CCCO2)CC1. The maximum Gasteiger partial charge on any atom is 0.251 e. The van der Waals surface area contributed by atoms with Crippen LogP contribution in [0.1, 0.15) is 38.5 Å². The van der Waals surface area contributed by atoms with Gasteiger partial charge in [0, 0.05) is 51.8 Å². The Hall–Kier alpha value is -2.37. The number of benzene rings is 1. The molecule has 0 aromatic heterocycles. The topological polar surface area (TPSA) is 114 Å². The number of hydrogen-bond donors (Lipinski definition) is 1. The van der Waals surface area contributed by atoms with E-state index in [1.165, 1.54) is 12.1 Å². The van der Waals surface area contributed by atoms with Crippen molar-refractivity contribution in [1.82, 2.24) is 14.5 Å². The number of carbonyl (C=O) groups is 2. The molecule has 1 aromatic carbocycles. The number of rotatable bonds is 9. The zero-order chi connectivity index (χ0) is 24.0. The van der Waals surface area contributed by atoms with Crippen LogP contribution in [-0.4, -0.2) is 88.7 Å². The van der Waals surface area contributed by atoms with Crippen LogP contribution in [0.3, 0.4) is 0 Å². The van der Waals surface area contributed by atoms with Gasteiger partial charge in [-0.05, 0) is 37.8 Å². The summed E-state index contributed by atoms with van der Waals surface area (Å²) in [6.45, 7) is 3.98. The first-order valence-electron chi connectivity index (χ1n) is 12.0. The summed E-state index contributed by atoms with van der Waals surface area (Å²) in [7, 11) is -3.63. The van der Waals surface area contributed by atoms with Gasteiger partial charge >= 0.3 is 0 Å². The van der Waals surface area contributed by atoms with Crippen LogP contribution >= 0.6 is 0 Å². The van der Waals surface area contributed by atoms with E-state index in [-0.39, 0.29) is 22.8 Å². The van der Waals surface area contributed by atoms with Crippen molar-refractivity contribution in [1.29, 1.82) is 0 Å². The molecule has 4 rings (SSSR count). The molecular weight excluding hydrogens is 462 g/mol. The molecule has 0 saturated carbocycles. The van der Waals surface area contributed by atoms with E-state index in [2.05, 4.69) is 4.72 Å². The maximum atomic E-state index is 12.5. The van der Waals surface area contributed by atoms with Crippen molar-refractivity contribution in [3.63, 3.8) is 0 Å². The van der Waals surface area contributed by atoms with Crippen LogP contribution in [0.4, 0.5) is 0 Å². The summed E-state index contributed by atoms with van der Waals surface area (Å²) in [6.07, 6.45) is 3.90. The molecule has 0 aliphatic carbocycles. The fourth-order valence-electron chi connectivity index (χ4n) is 4.37. The van der Waals surface area contributed by atoms with Crippen LogP contribution < -0.4 is 14.2 Å². The lowest BCUT2D eigenvalue weighted by atomic mass is 10.1. The van der Waals surface area contributed by atoms with Gasteiger partial charge in [-0.3, -0.25) is 9.59 Å². The first kappa shape index (κ1) is 24.7. The summed E-state index contributed by atoms with van der Waals surface area (Å²) in [4.78, 5) is 28.7. The van der Waals surface area contributed by atoms with Crippen LogP contribution in [-0.2, 0) is 24.3 Å². The second kappa shape index (κ2) is 11.4. The minimum Gasteiger partial charge on any atom is -0.486 e. The Kier molecular flexibility index (Phi) is 8.28. The van der Waals surface area contributed by atoms with Gasteiger partial charge in [0.25, 0.3) is 5.91 Å². The van der Waals surface area contributed by atoms with E-state index in [0.717, 1.165) is 19.3 Å². The largest absolute Gasteiger partial charge is 0.486 e. The molecule has 3 heterocycles. The second-order valence-electron chi connectivity index (χ2n) is 8.72. The number of hydrogen-bond acceptors (Lipinski definition) is 7. The summed E-state index contributed by atoms with van der Waals surface area (Å²) in [6, 6.07) is 4.58. The summed E-state index contributed by atoms with van der Waals surface area (Å²) in [5, 5.41) is 0. The molecule has 2 fully saturated rings. The van der Waals surface area contributed by atoms with E-state index < -0.39 is 10.0 Å². The molecular formula is C23H33N3O7S. The normalized spacial score (nSPS) is 20.4. The third-order valence-corrected chi connectivity index (χ3v) is 7.79. The summed E-state index contributed by atoms with van der Waals surface area (Å²) < 4.78 is 44.0. The van der Waals surface area contributed by atoms with E-state index >= 15 is 0 Å². The molecule has 1 unspecified atom stereocenters. The molecule has 3 aliphatic rings. The molecule has 2 saturated heterocycles. The van der Waals surface area contributed by atoms with E-state index in [9.17, 15) is 18.0 Å². The first-order valence-corrected chi connectivity index (χ1v) is 13.5. The van der Waals surface area contributed by atoms with Crippen LogP contribution in [0, 0.1) is 0 Å². The Morgan fingerprint density at radius 2 is 1.68 bits per heavy atom. The fraction of sp³-hybridized carbons (Fsp3) is 0.652. The number of nitrogens with one attached hydrogen (secondary N) is 1. The molecule has 11 heteroatoms. The van der Waals surface area contributed by atoms with Crippen molar-refractivity contribution in [3.05, 3.63) is 18.2 Å². The Morgan fingerprint density at radius 3 is 2.41 bits per heavy atom. The Labute approximate surface area is 200 Å². The second-order valence-corrected chi connectivity index (χ2v) is 10.5. The molecule has 1 aromatic rings. The lowest BCUT2D eigenvalue weighted by molar-refractivity contribution is -0.146. The van der Waals surface area contributed by atoms with Gasteiger partial charge in [-0.25, -0.2) is 13.1 Å². The Morgan fingerprint density at radius 1 is 0.941 bits per heavy atom. The van der Waals surface area contributed by atoms with Gasteiger partial charge in [-0.1, -0.05) is 6.42 Å². The molecule has 2 amide bonds. The van der Waals surface area contributed by atoms with Gasteiger partial charge in [0.15, 0.2) is 11.5 Å². The van der Waals surface area contributed by atoms with Crippen LogP contribution in [0.2, 0.25) is 0 Å². The van der Waals surface area contributed by atoms with Gasteiger partial charge in [-0.15, -0.1) is 0 Å². The number of fused-ring (bicyclic) bond motifs is 1. The zero-order valence-electron chi connectivity index (χ0n) is 19.4. The van der Waals surface area contributed by atoms with Crippen molar-refractivity contribution in [2.75, 3.05) is 52.5 Å². The molecule has 1 atom stereocenters. The van der Waals surface area contributed by atoms with Crippen LogP contribution in [0.5, 0.6) is 11.5 Å². The minimum absolute atomic E-state index is 0.0447. The van der Waals surface area contributed by atoms with Crippen molar-refractivity contribution in [3.8, 4) is 11.5 Å². The number of unbranched alkanes of at least 4 members (excludes halogenated alkanes) is 2. The number of piperazine rings is 1. The molecule has 188 valence electrons. The highest BCUT2D eigenvalue weighted by atomic mass is 32.2. The lowest BCUT2D eigenvalue weighted by Crippen LogP contribution is -2.52. The Bertz CT molecular complexity index is 971. The minimum atomic E-state index is -3.63. The molecule has 34 heavy (non-hydrogen) atoms.